The van der Waals surface area contributed by atoms with Crippen molar-refractivity contribution in [3.8, 4) is 16.9 Å². The molecule has 0 saturated heterocycles. The van der Waals surface area contributed by atoms with Crippen molar-refractivity contribution >= 4 is 23.2 Å². The van der Waals surface area contributed by atoms with Crippen LogP contribution in [-0.4, -0.2) is 18.4 Å². The van der Waals surface area contributed by atoms with Gasteiger partial charge in [0.1, 0.15) is 5.75 Å². The number of benzene rings is 2. The number of aryl methyl sites for hydroxylation is 1. The zero-order valence-corrected chi connectivity index (χ0v) is 15.5. The molecule has 0 spiro atoms. The number of hydrogen-bond acceptors (Lipinski definition) is 4. The molecule has 0 atom stereocenters. The summed E-state index contributed by atoms with van der Waals surface area (Å²) < 4.78 is 5.64. The van der Waals surface area contributed by atoms with E-state index in [0.717, 1.165) is 16.7 Å². The maximum Gasteiger partial charge on any atom is 0.276 e. The van der Waals surface area contributed by atoms with E-state index in [4.69, 9.17) is 4.74 Å². The van der Waals surface area contributed by atoms with Crippen LogP contribution in [0.2, 0.25) is 0 Å². The smallest absolute Gasteiger partial charge is 0.276 e. The van der Waals surface area contributed by atoms with Crippen molar-refractivity contribution in [2.75, 3.05) is 6.61 Å². The molecule has 3 aromatic rings. The van der Waals surface area contributed by atoms with Crippen molar-refractivity contribution in [1.29, 1.82) is 0 Å². The molecule has 0 fully saturated rings. The topological polar surface area (TPSA) is 67.4 Å². The van der Waals surface area contributed by atoms with Crippen LogP contribution in [0.4, 0.5) is 0 Å². The molecule has 3 rings (SSSR count). The van der Waals surface area contributed by atoms with Crippen molar-refractivity contribution in [2.24, 2.45) is 0 Å². The molecule has 0 bridgehead atoms. The molecule has 27 heavy (non-hydrogen) atoms. The van der Waals surface area contributed by atoms with Crippen LogP contribution in [0.3, 0.4) is 0 Å². The van der Waals surface area contributed by atoms with Crippen LogP contribution >= 0.6 is 11.3 Å². The number of ether oxygens (including phenoxy) is 1. The maximum absolute atomic E-state index is 12.0. The molecule has 0 aliphatic carbocycles. The minimum Gasteiger partial charge on any atom is -0.483 e. The highest BCUT2D eigenvalue weighted by Crippen LogP contribution is 2.29. The second-order valence-electron chi connectivity index (χ2n) is 5.88. The van der Waals surface area contributed by atoms with Crippen molar-refractivity contribution < 1.29 is 14.3 Å². The average Bonchev–Trinajstić information content (AvgIpc) is 3.24. The van der Waals surface area contributed by atoms with Crippen LogP contribution in [0.1, 0.15) is 12.0 Å². The molecule has 0 radical (unpaired) electrons. The van der Waals surface area contributed by atoms with E-state index in [0.29, 0.717) is 18.6 Å². The summed E-state index contributed by atoms with van der Waals surface area (Å²) in [5.74, 6) is -0.0383. The van der Waals surface area contributed by atoms with E-state index in [1.54, 1.807) is 11.3 Å². The number of carbonyl (C=O) groups excluding carboxylic acids is 2. The van der Waals surface area contributed by atoms with Crippen LogP contribution in [0.15, 0.2) is 71.4 Å². The van der Waals surface area contributed by atoms with Crippen molar-refractivity contribution in [3.63, 3.8) is 0 Å². The van der Waals surface area contributed by atoms with Gasteiger partial charge in [-0.05, 0) is 40.4 Å². The quantitative estimate of drug-likeness (QED) is 0.616. The lowest BCUT2D eigenvalue weighted by Crippen LogP contribution is -2.43. The normalized spacial score (nSPS) is 10.2. The van der Waals surface area contributed by atoms with Gasteiger partial charge in [0.2, 0.25) is 5.91 Å². The molecule has 2 aromatic carbocycles. The average molecular weight is 380 g/mol. The lowest BCUT2D eigenvalue weighted by atomic mass is 10.1. The van der Waals surface area contributed by atoms with Gasteiger partial charge in [-0.15, -0.1) is 0 Å². The molecule has 1 aromatic heterocycles. The van der Waals surface area contributed by atoms with Gasteiger partial charge in [-0.25, -0.2) is 0 Å². The fourth-order valence-electron chi connectivity index (χ4n) is 2.52. The number of hydrogen-bond donors (Lipinski definition) is 2. The molecule has 0 aliphatic heterocycles. The largest absolute Gasteiger partial charge is 0.483 e. The van der Waals surface area contributed by atoms with Gasteiger partial charge >= 0.3 is 0 Å². The fourth-order valence-corrected chi connectivity index (χ4v) is 3.23. The number of rotatable bonds is 7. The van der Waals surface area contributed by atoms with Crippen LogP contribution in [-0.2, 0) is 16.0 Å². The summed E-state index contributed by atoms with van der Waals surface area (Å²) in [6.07, 6.45) is 0.959. The Morgan fingerprint density at radius 1 is 0.889 bits per heavy atom. The van der Waals surface area contributed by atoms with E-state index in [1.165, 1.54) is 0 Å². The minimum atomic E-state index is -0.415. The van der Waals surface area contributed by atoms with E-state index < -0.39 is 5.91 Å². The van der Waals surface area contributed by atoms with Crippen molar-refractivity contribution in [2.45, 2.75) is 12.8 Å². The molecular formula is C21H20N2O3S. The Labute approximate surface area is 162 Å². The number of thiophene rings is 1. The Kier molecular flexibility index (Phi) is 6.60. The molecule has 2 amide bonds. The molecule has 0 unspecified atom stereocenters. The lowest BCUT2D eigenvalue weighted by molar-refractivity contribution is -0.130. The molecule has 1 heterocycles. The van der Waals surface area contributed by atoms with Crippen LogP contribution in [0.5, 0.6) is 5.75 Å². The summed E-state index contributed by atoms with van der Waals surface area (Å²) in [6.45, 7) is -0.186. The summed E-state index contributed by atoms with van der Waals surface area (Å²) in [7, 11) is 0. The summed E-state index contributed by atoms with van der Waals surface area (Å²) in [6, 6.07) is 19.3. The Bertz CT molecular complexity index is 879. The first-order valence-electron chi connectivity index (χ1n) is 8.58. The third-order valence-corrected chi connectivity index (χ3v) is 4.62. The van der Waals surface area contributed by atoms with Gasteiger partial charge in [0.25, 0.3) is 5.91 Å². The van der Waals surface area contributed by atoms with E-state index in [1.807, 2.05) is 71.4 Å². The zero-order valence-electron chi connectivity index (χ0n) is 14.7. The third-order valence-electron chi connectivity index (χ3n) is 3.89. The highest BCUT2D eigenvalue weighted by molar-refractivity contribution is 7.07. The molecular weight excluding hydrogens is 360 g/mol. The number of carbonyl (C=O) groups is 2. The van der Waals surface area contributed by atoms with Gasteiger partial charge in [0.05, 0.1) is 0 Å². The predicted octanol–water partition coefficient (Wildman–Crippen LogP) is 3.57. The van der Waals surface area contributed by atoms with Gasteiger partial charge in [-0.1, -0.05) is 48.5 Å². The van der Waals surface area contributed by atoms with E-state index >= 15 is 0 Å². The molecule has 5 nitrogen and oxygen atoms in total. The second kappa shape index (κ2) is 9.54. The van der Waals surface area contributed by atoms with Gasteiger partial charge in [0, 0.05) is 12.0 Å². The Morgan fingerprint density at radius 2 is 1.63 bits per heavy atom. The Hall–Kier alpha value is -3.12. The summed E-state index contributed by atoms with van der Waals surface area (Å²) >= 11 is 1.60. The molecule has 138 valence electrons. The SMILES string of the molecule is O=C(CCc1ccsc1)NNC(=O)COc1ccccc1-c1ccccc1. The predicted molar refractivity (Wildman–Crippen MR) is 106 cm³/mol. The van der Waals surface area contributed by atoms with Crippen molar-refractivity contribution in [3.05, 3.63) is 77.0 Å². The van der Waals surface area contributed by atoms with E-state index in [9.17, 15) is 9.59 Å². The van der Waals surface area contributed by atoms with Gasteiger partial charge in [-0.3, -0.25) is 20.4 Å². The van der Waals surface area contributed by atoms with Crippen molar-refractivity contribution in [1.82, 2.24) is 10.9 Å². The first-order valence-corrected chi connectivity index (χ1v) is 9.52. The second-order valence-corrected chi connectivity index (χ2v) is 6.66. The molecule has 6 heteroatoms. The fraction of sp³-hybridized carbons (Fsp3) is 0.143. The number of para-hydroxylation sites is 1. The molecule has 0 saturated carbocycles. The monoisotopic (exact) mass is 380 g/mol. The lowest BCUT2D eigenvalue weighted by Gasteiger charge is -2.12. The number of amides is 2. The van der Waals surface area contributed by atoms with E-state index in [-0.39, 0.29) is 12.5 Å². The highest BCUT2D eigenvalue weighted by atomic mass is 32.1. The summed E-state index contributed by atoms with van der Waals surface area (Å²) in [5.41, 5.74) is 7.82. The summed E-state index contributed by atoms with van der Waals surface area (Å²) in [5, 5.41) is 3.98. The third kappa shape index (κ3) is 5.69. The molecule has 0 aliphatic rings. The first-order chi connectivity index (χ1) is 13.2. The van der Waals surface area contributed by atoms with Gasteiger partial charge < -0.3 is 4.74 Å². The van der Waals surface area contributed by atoms with Crippen LogP contribution in [0.25, 0.3) is 11.1 Å². The maximum atomic E-state index is 12.0. The van der Waals surface area contributed by atoms with E-state index in [2.05, 4.69) is 10.9 Å². The Balaban J connectivity index is 1.46. The van der Waals surface area contributed by atoms with Gasteiger partial charge in [0.15, 0.2) is 6.61 Å². The Morgan fingerprint density at radius 3 is 2.41 bits per heavy atom. The first kappa shape index (κ1) is 18.7. The van der Waals surface area contributed by atoms with Crippen LogP contribution in [0, 0.1) is 0 Å². The standard InChI is InChI=1S/C21H20N2O3S/c24-20(11-10-16-12-13-27-15-16)22-23-21(25)14-26-19-9-5-4-8-18(19)17-6-2-1-3-7-17/h1-9,12-13,15H,10-11,14H2,(H,22,24)(H,23,25). The zero-order chi connectivity index (χ0) is 18.9. The summed E-state index contributed by atoms with van der Waals surface area (Å²) in [4.78, 5) is 23.7. The minimum absolute atomic E-state index is 0.186. The van der Waals surface area contributed by atoms with Crippen LogP contribution < -0.4 is 15.6 Å². The number of nitrogens with one attached hydrogen (secondary N) is 2. The highest BCUT2D eigenvalue weighted by Gasteiger charge is 2.09. The molecule has 2 N–H and O–H groups in total. The number of hydrazine groups is 1. The van der Waals surface area contributed by atoms with Gasteiger partial charge in [-0.2, -0.15) is 11.3 Å².